The third-order valence-corrected chi connectivity index (χ3v) is 15.4. The molecule has 2 aliphatic heterocycles. The Hall–Kier alpha value is -7.31. The van der Waals surface area contributed by atoms with Gasteiger partial charge in [-0.25, -0.2) is 15.0 Å². The molecule has 350 valence electrons. The van der Waals surface area contributed by atoms with Crippen LogP contribution in [0.3, 0.4) is 0 Å². The van der Waals surface area contributed by atoms with Crippen molar-refractivity contribution in [2.45, 2.75) is 105 Å². The van der Waals surface area contributed by atoms with Gasteiger partial charge in [0, 0.05) is 39.7 Å². The maximum Gasteiger partial charge on any atom is 0.252 e. The number of nitrogens with zero attached hydrogens (tertiary/aromatic N) is 5. The van der Waals surface area contributed by atoms with Crippen LogP contribution in [0.4, 0.5) is 34.1 Å². The molecular weight excluding hydrogens is 862 g/mol. The summed E-state index contributed by atoms with van der Waals surface area (Å²) >= 11 is 0. The molecule has 0 amide bonds. The molecule has 0 saturated heterocycles. The molecule has 12 rings (SSSR count). The molecule has 1 aromatic heterocycles. The highest BCUT2D eigenvalue weighted by Gasteiger charge is 2.45. The maximum absolute atomic E-state index is 4.87. The van der Waals surface area contributed by atoms with E-state index in [1.165, 1.54) is 93.1 Å². The molecule has 0 radical (unpaired) electrons. The monoisotopic (exact) mass is 924 g/mol. The van der Waals surface area contributed by atoms with Crippen LogP contribution < -0.4 is 26.2 Å². The lowest BCUT2D eigenvalue weighted by Gasteiger charge is -2.45. The van der Waals surface area contributed by atoms with E-state index in [0.29, 0.717) is 5.82 Å². The fraction of sp³-hybridized carbons (Fsp3) is 0.246. The molecular formula is C65H62BN5. The standard InChI is InChI=1S/C65H62BN5/c1-62(2,3)44-29-45(63(4,5)6)32-48(31-44)70-56-35-52-41(23-21-39-17-13-15-19-50(39)52)25-54(56)66-55-26-42-24-22-40-18-14-16-20-51(40)53(42)36-57(55)71(49-33-46(64(7,8)9)30-47(34-49)65(10,11)12)59-28-43(27-58(70)60(59)66)61-68-37-67-38-69-61/h13-38H,1-12H3. The van der Waals surface area contributed by atoms with Gasteiger partial charge in [0.15, 0.2) is 5.82 Å². The van der Waals surface area contributed by atoms with E-state index in [1.54, 1.807) is 12.7 Å². The van der Waals surface area contributed by atoms with Gasteiger partial charge in [-0.05, 0) is 152 Å². The van der Waals surface area contributed by atoms with Gasteiger partial charge in [-0.3, -0.25) is 0 Å². The lowest BCUT2D eigenvalue weighted by molar-refractivity contribution is 0.568. The van der Waals surface area contributed by atoms with E-state index in [4.69, 9.17) is 9.97 Å². The normalized spacial score (nSPS) is 13.8. The minimum absolute atomic E-state index is 0.104. The predicted octanol–water partition coefficient (Wildman–Crippen LogP) is 15.4. The molecule has 71 heavy (non-hydrogen) atoms. The zero-order valence-corrected chi connectivity index (χ0v) is 43.3. The molecule has 0 fully saturated rings. The molecule has 0 unspecified atom stereocenters. The Labute approximate surface area is 419 Å². The molecule has 9 aromatic carbocycles. The summed E-state index contributed by atoms with van der Waals surface area (Å²) in [5.74, 6) is 0.638. The first-order valence-electron chi connectivity index (χ1n) is 25.3. The van der Waals surface area contributed by atoms with E-state index in [9.17, 15) is 0 Å². The van der Waals surface area contributed by atoms with Crippen LogP contribution in [-0.2, 0) is 21.7 Å². The zero-order chi connectivity index (χ0) is 49.5. The van der Waals surface area contributed by atoms with Crippen molar-refractivity contribution >= 4 is 100 Å². The fourth-order valence-electron chi connectivity index (χ4n) is 11.3. The first-order chi connectivity index (χ1) is 33.7. The number of rotatable bonds is 3. The summed E-state index contributed by atoms with van der Waals surface area (Å²) in [5, 5.41) is 9.91. The van der Waals surface area contributed by atoms with Crippen LogP contribution in [0.2, 0.25) is 0 Å². The summed E-state index contributed by atoms with van der Waals surface area (Å²) in [7, 11) is 0. The maximum atomic E-state index is 4.87. The van der Waals surface area contributed by atoms with Crippen molar-refractivity contribution in [2.75, 3.05) is 9.80 Å². The van der Waals surface area contributed by atoms with Gasteiger partial charge < -0.3 is 9.80 Å². The summed E-state index contributed by atoms with van der Waals surface area (Å²) in [5.41, 5.74) is 16.5. The molecule has 0 atom stereocenters. The highest BCUT2D eigenvalue weighted by Crippen LogP contribution is 2.50. The number of fused-ring (bicyclic) bond motifs is 10. The van der Waals surface area contributed by atoms with Crippen LogP contribution in [0, 0.1) is 0 Å². The zero-order valence-electron chi connectivity index (χ0n) is 43.3. The average molecular weight is 924 g/mol. The lowest BCUT2D eigenvalue weighted by atomic mass is 9.33. The second-order valence-corrected chi connectivity index (χ2v) is 24.4. The molecule has 0 N–H and O–H groups in total. The molecule has 0 aliphatic carbocycles. The van der Waals surface area contributed by atoms with Gasteiger partial charge in [0.05, 0.1) is 0 Å². The Kier molecular flexibility index (Phi) is 9.86. The highest BCUT2D eigenvalue weighted by molar-refractivity contribution is 7.00. The first kappa shape index (κ1) is 44.9. The number of hydrogen-bond donors (Lipinski definition) is 0. The molecule has 2 aliphatic rings. The number of hydrogen-bond acceptors (Lipinski definition) is 5. The van der Waals surface area contributed by atoms with E-state index in [2.05, 4.69) is 243 Å². The van der Waals surface area contributed by atoms with Gasteiger partial charge in [0.1, 0.15) is 12.7 Å². The summed E-state index contributed by atoms with van der Waals surface area (Å²) < 4.78 is 0. The summed E-state index contributed by atoms with van der Waals surface area (Å²) in [4.78, 5) is 19.2. The van der Waals surface area contributed by atoms with Crippen molar-refractivity contribution in [1.29, 1.82) is 0 Å². The van der Waals surface area contributed by atoms with Gasteiger partial charge in [-0.2, -0.15) is 0 Å². The van der Waals surface area contributed by atoms with Crippen LogP contribution >= 0.6 is 0 Å². The van der Waals surface area contributed by atoms with Crippen LogP contribution in [0.15, 0.2) is 158 Å². The quantitative estimate of drug-likeness (QED) is 0.130. The predicted molar refractivity (Wildman–Crippen MR) is 304 cm³/mol. The molecule has 10 aromatic rings. The van der Waals surface area contributed by atoms with Crippen LogP contribution in [0.1, 0.15) is 105 Å². The first-order valence-corrected chi connectivity index (χ1v) is 25.3. The molecule has 3 heterocycles. The van der Waals surface area contributed by atoms with Crippen LogP contribution in [0.5, 0.6) is 0 Å². The van der Waals surface area contributed by atoms with Gasteiger partial charge in [0.25, 0.3) is 6.71 Å². The van der Waals surface area contributed by atoms with E-state index >= 15 is 0 Å². The Bertz CT molecular complexity index is 3530. The Morgan fingerprint density at radius 2 is 0.746 bits per heavy atom. The van der Waals surface area contributed by atoms with E-state index in [1.807, 2.05) is 0 Å². The lowest BCUT2D eigenvalue weighted by Crippen LogP contribution is -2.61. The molecule has 0 bridgehead atoms. The average Bonchev–Trinajstić information content (AvgIpc) is 3.34. The largest absolute Gasteiger partial charge is 0.311 e. The molecule has 0 spiro atoms. The van der Waals surface area contributed by atoms with Gasteiger partial charge in [-0.15, -0.1) is 0 Å². The van der Waals surface area contributed by atoms with Crippen LogP contribution in [0.25, 0.3) is 54.5 Å². The SMILES string of the molecule is CC(C)(C)c1cc(N2c3cc4c(ccc5ccccc54)cc3B3c4cc5ccc6ccccc6c5cc4N(c4cc(C(C)(C)C)cc(C(C)(C)C)c4)c4cc(-c5ncncn5)cc2c43)cc(C(C)(C)C)c1. The molecule has 0 saturated carbocycles. The fourth-order valence-corrected chi connectivity index (χ4v) is 11.3. The van der Waals surface area contributed by atoms with Crippen molar-refractivity contribution in [1.82, 2.24) is 15.0 Å². The number of benzene rings is 9. The second kappa shape index (κ2) is 15.6. The Morgan fingerprint density at radius 1 is 0.366 bits per heavy atom. The van der Waals surface area contributed by atoms with Gasteiger partial charge in [-0.1, -0.05) is 180 Å². The third kappa shape index (κ3) is 7.40. The third-order valence-electron chi connectivity index (χ3n) is 15.4. The topological polar surface area (TPSA) is 45.2 Å². The van der Waals surface area contributed by atoms with Crippen LogP contribution in [-0.4, -0.2) is 21.7 Å². The summed E-state index contributed by atoms with van der Waals surface area (Å²) in [6, 6.07) is 56.3. The van der Waals surface area contributed by atoms with Gasteiger partial charge in [0.2, 0.25) is 0 Å². The summed E-state index contributed by atoms with van der Waals surface area (Å²) in [6.45, 7) is 27.9. The number of aromatic nitrogens is 3. The Balaban J connectivity index is 1.28. The van der Waals surface area contributed by atoms with Crippen molar-refractivity contribution in [3.63, 3.8) is 0 Å². The van der Waals surface area contributed by atoms with Gasteiger partial charge >= 0.3 is 0 Å². The van der Waals surface area contributed by atoms with E-state index < -0.39 is 0 Å². The molecule has 6 heteroatoms. The van der Waals surface area contributed by atoms with Crippen molar-refractivity contribution < 1.29 is 0 Å². The van der Waals surface area contributed by atoms with E-state index in [0.717, 1.165) is 28.3 Å². The number of anilines is 6. The highest BCUT2D eigenvalue weighted by atomic mass is 15.2. The minimum Gasteiger partial charge on any atom is -0.311 e. The van der Waals surface area contributed by atoms with Crippen molar-refractivity contribution in [2.24, 2.45) is 0 Å². The minimum atomic E-state index is -0.114. The Morgan fingerprint density at radius 3 is 1.14 bits per heavy atom. The van der Waals surface area contributed by atoms with E-state index in [-0.39, 0.29) is 28.4 Å². The smallest absolute Gasteiger partial charge is 0.252 e. The van der Waals surface area contributed by atoms with Crippen molar-refractivity contribution in [3.05, 3.63) is 181 Å². The molecule has 5 nitrogen and oxygen atoms in total. The summed E-state index contributed by atoms with van der Waals surface area (Å²) in [6.07, 6.45) is 3.24. The van der Waals surface area contributed by atoms with Crippen molar-refractivity contribution in [3.8, 4) is 11.4 Å². The second-order valence-electron chi connectivity index (χ2n) is 24.4.